The summed E-state index contributed by atoms with van der Waals surface area (Å²) in [5, 5.41) is 24.0. The molecule has 4 N–H and O–H groups in total. The zero-order valence-electron chi connectivity index (χ0n) is 9.44. The van der Waals surface area contributed by atoms with E-state index in [1.54, 1.807) is 0 Å². The molecular weight excluding hydrogens is 251 g/mol. The first-order valence-corrected chi connectivity index (χ1v) is 6.16. The molecule has 0 aliphatic carbocycles. The Morgan fingerprint density at radius 2 is 1.47 bits per heavy atom. The first-order valence-electron chi connectivity index (χ1n) is 4.67. The highest BCUT2D eigenvalue weighted by Gasteiger charge is 2.18. The van der Waals surface area contributed by atoms with Gasteiger partial charge in [-0.25, -0.2) is 4.57 Å². The highest BCUT2D eigenvalue weighted by molar-refractivity contribution is 7.47. The van der Waals surface area contributed by atoms with Crippen molar-refractivity contribution in [1.29, 1.82) is 0 Å². The predicted molar refractivity (Wildman–Crippen MR) is 62.3 cm³/mol. The smallest absolute Gasteiger partial charge is 0.394 e. The fourth-order valence-corrected chi connectivity index (χ4v) is 1.05. The maximum absolute atomic E-state index is 10.7. The molecule has 0 unspecified atom stereocenters. The molecule has 0 atom stereocenters. The van der Waals surface area contributed by atoms with Crippen molar-refractivity contribution in [2.24, 2.45) is 0 Å². The van der Waals surface area contributed by atoms with Crippen molar-refractivity contribution in [2.75, 3.05) is 26.4 Å². The van der Waals surface area contributed by atoms with E-state index >= 15 is 0 Å². The van der Waals surface area contributed by atoms with Crippen LogP contribution in [0.3, 0.4) is 0 Å². The maximum Gasteiger partial charge on any atom is 0.472 e. The lowest BCUT2D eigenvalue weighted by Gasteiger charge is -2.08. The van der Waals surface area contributed by atoms with Gasteiger partial charge in [0.1, 0.15) is 6.10 Å². The second-order valence-electron chi connectivity index (χ2n) is 2.66. The van der Waals surface area contributed by atoms with Gasteiger partial charge >= 0.3 is 7.82 Å². The minimum atomic E-state index is -3.87. The lowest BCUT2D eigenvalue weighted by molar-refractivity contribution is 0.0450. The van der Waals surface area contributed by atoms with Crippen LogP contribution >= 0.6 is 7.82 Å². The SMILES string of the molecule is C=CCOP(=O)(O)OCC=C.OCC(O)CO. The average Bonchev–Trinajstić information content (AvgIpc) is 2.33. The van der Waals surface area contributed by atoms with Gasteiger partial charge in [-0.3, -0.25) is 9.05 Å². The molecule has 0 amide bonds. The number of hydrogen-bond acceptors (Lipinski definition) is 6. The molecule has 0 saturated carbocycles. The van der Waals surface area contributed by atoms with Crippen LogP contribution in [0, 0.1) is 0 Å². The van der Waals surface area contributed by atoms with Gasteiger partial charge in [0, 0.05) is 0 Å². The Bertz CT molecular complexity index is 223. The van der Waals surface area contributed by atoms with Crippen molar-refractivity contribution in [3.8, 4) is 0 Å². The predicted octanol–water partition coefficient (Wildman–Crippen LogP) is -0.176. The molecule has 102 valence electrons. The topological polar surface area (TPSA) is 116 Å². The number of hydrogen-bond donors (Lipinski definition) is 4. The van der Waals surface area contributed by atoms with Crippen molar-refractivity contribution in [2.45, 2.75) is 6.10 Å². The zero-order valence-corrected chi connectivity index (χ0v) is 10.3. The molecule has 0 rings (SSSR count). The van der Waals surface area contributed by atoms with Crippen LogP contribution in [0.25, 0.3) is 0 Å². The molecule has 0 bridgehead atoms. The van der Waals surface area contributed by atoms with Gasteiger partial charge < -0.3 is 20.2 Å². The Labute approximate surface area is 100 Å². The van der Waals surface area contributed by atoms with Gasteiger partial charge in [0.05, 0.1) is 26.4 Å². The number of aliphatic hydroxyl groups is 3. The number of phosphoric ester groups is 1. The molecule has 0 aromatic rings. The summed E-state index contributed by atoms with van der Waals surface area (Å²) in [7, 11) is -3.87. The van der Waals surface area contributed by atoms with E-state index in [9.17, 15) is 4.57 Å². The summed E-state index contributed by atoms with van der Waals surface area (Å²) in [6, 6.07) is 0. The highest BCUT2D eigenvalue weighted by Crippen LogP contribution is 2.42. The highest BCUT2D eigenvalue weighted by atomic mass is 31.2. The van der Waals surface area contributed by atoms with Gasteiger partial charge in [-0.1, -0.05) is 12.2 Å². The summed E-state index contributed by atoms with van der Waals surface area (Å²) in [6.45, 7) is 5.88. The summed E-state index contributed by atoms with van der Waals surface area (Å²) in [4.78, 5) is 8.79. The van der Waals surface area contributed by atoms with Crippen LogP contribution in [-0.4, -0.2) is 52.7 Å². The summed E-state index contributed by atoms with van der Waals surface area (Å²) < 4.78 is 19.6. The van der Waals surface area contributed by atoms with Crippen molar-refractivity contribution in [3.63, 3.8) is 0 Å². The van der Waals surface area contributed by atoms with Crippen molar-refractivity contribution < 1.29 is 33.8 Å². The Morgan fingerprint density at radius 3 is 1.65 bits per heavy atom. The molecule has 7 nitrogen and oxygen atoms in total. The van der Waals surface area contributed by atoms with Crippen LogP contribution in [-0.2, 0) is 13.6 Å². The van der Waals surface area contributed by atoms with Gasteiger partial charge in [0.25, 0.3) is 0 Å². The van der Waals surface area contributed by atoms with E-state index in [4.69, 9.17) is 20.2 Å². The number of phosphoric acid groups is 1. The fraction of sp³-hybridized carbons (Fsp3) is 0.556. The van der Waals surface area contributed by atoms with E-state index in [0.29, 0.717) is 0 Å². The van der Waals surface area contributed by atoms with E-state index in [-0.39, 0.29) is 26.4 Å². The minimum absolute atomic E-state index is 0.00901. The van der Waals surface area contributed by atoms with E-state index < -0.39 is 13.9 Å². The summed E-state index contributed by atoms with van der Waals surface area (Å²) >= 11 is 0. The molecular formula is C9H19O7P. The van der Waals surface area contributed by atoms with Gasteiger partial charge in [-0.2, -0.15) is 0 Å². The van der Waals surface area contributed by atoms with Crippen molar-refractivity contribution >= 4 is 7.82 Å². The maximum atomic E-state index is 10.7. The normalized spacial score (nSPS) is 10.6. The Hall–Kier alpha value is -0.530. The van der Waals surface area contributed by atoms with Crippen LogP contribution < -0.4 is 0 Å². The van der Waals surface area contributed by atoms with E-state index in [0.717, 1.165) is 0 Å². The lowest BCUT2D eigenvalue weighted by atomic mass is 10.4. The second kappa shape index (κ2) is 11.9. The van der Waals surface area contributed by atoms with Gasteiger partial charge in [-0.15, -0.1) is 13.2 Å². The Kier molecular flexibility index (Phi) is 13.2. The molecule has 0 fully saturated rings. The van der Waals surface area contributed by atoms with Gasteiger partial charge in [-0.05, 0) is 0 Å². The van der Waals surface area contributed by atoms with Crippen LogP contribution in [0.1, 0.15) is 0 Å². The monoisotopic (exact) mass is 270 g/mol. The first kappa shape index (κ1) is 18.8. The number of rotatable bonds is 8. The third-order valence-corrected chi connectivity index (χ3v) is 2.08. The molecule has 0 saturated heterocycles. The molecule has 0 radical (unpaired) electrons. The van der Waals surface area contributed by atoms with E-state index in [1.165, 1.54) is 12.2 Å². The zero-order chi connectivity index (χ0) is 13.7. The Balaban J connectivity index is 0. The van der Waals surface area contributed by atoms with Crippen LogP contribution in [0.5, 0.6) is 0 Å². The third-order valence-electron chi connectivity index (χ3n) is 1.13. The largest absolute Gasteiger partial charge is 0.472 e. The number of aliphatic hydroxyl groups excluding tert-OH is 3. The Morgan fingerprint density at radius 1 is 1.12 bits per heavy atom. The van der Waals surface area contributed by atoms with Crippen molar-refractivity contribution in [1.82, 2.24) is 0 Å². The average molecular weight is 270 g/mol. The molecule has 17 heavy (non-hydrogen) atoms. The first-order chi connectivity index (χ1) is 7.93. The van der Waals surface area contributed by atoms with Gasteiger partial charge in [0.2, 0.25) is 0 Å². The summed E-state index contributed by atoms with van der Waals surface area (Å²) in [5.41, 5.74) is 0. The molecule has 0 aromatic heterocycles. The van der Waals surface area contributed by atoms with Crippen LogP contribution in [0.2, 0.25) is 0 Å². The minimum Gasteiger partial charge on any atom is -0.394 e. The van der Waals surface area contributed by atoms with Crippen LogP contribution in [0.15, 0.2) is 25.3 Å². The molecule has 0 aromatic carbocycles. The van der Waals surface area contributed by atoms with E-state index in [1.807, 2.05) is 0 Å². The quantitative estimate of drug-likeness (QED) is 0.357. The summed E-state index contributed by atoms with van der Waals surface area (Å²) in [5.74, 6) is 0. The summed E-state index contributed by atoms with van der Waals surface area (Å²) in [6.07, 6.45) is 1.77. The van der Waals surface area contributed by atoms with Gasteiger partial charge in [0.15, 0.2) is 0 Å². The van der Waals surface area contributed by atoms with E-state index in [2.05, 4.69) is 22.2 Å². The third kappa shape index (κ3) is 15.5. The second-order valence-corrected chi connectivity index (χ2v) is 4.11. The fourth-order valence-electron chi connectivity index (χ4n) is 0.389. The lowest BCUT2D eigenvalue weighted by Crippen LogP contribution is -2.15. The molecule has 8 heteroatoms. The molecule has 0 aliphatic heterocycles. The standard InChI is InChI=1S/C6H11O4P.C3H8O3/c1-3-5-9-11(7,8)10-6-4-2;4-1-3(6)2-5/h3-4H,1-2,5-6H2,(H,7,8);3-6H,1-2H2. The molecule has 0 heterocycles. The van der Waals surface area contributed by atoms with Crippen LogP contribution in [0.4, 0.5) is 0 Å². The molecule has 0 aliphatic rings. The van der Waals surface area contributed by atoms with Crippen molar-refractivity contribution in [3.05, 3.63) is 25.3 Å². The molecule has 0 spiro atoms.